The summed E-state index contributed by atoms with van der Waals surface area (Å²) >= 11 is 0. The van der Waals surface area contributed by atoms with Crippen molar-refractivity contribution >= 4 is 5.82 Å². The Labute approximate surface area is 78.6 Å². The summed E-state index contributed by atoms with van der Waals surface area (Å²) in [6.07, 6.45) is 6.16. The molecule has 1 aliphatic rings. The second kappa shape index (κ2) is 3.32. The van der Waals surface area contributed by atoms with Gasteiger partial charge in [-0.05, 0) is 32.6 Å². The topological polar surface area (TPSA) is 37.8 Å². The van der Waals surface area contributed by atoms with Crippen LogP contribution in [0.5, 0.6) is 0 Å². The zero-order chi connectivity index (χ0) is 9.26. The van der Waals surface area contributed by atoms with Gasteiger partial charge in [-0.2, -0.15) is 0 Å². The predicted octanol–water partition coefficient (Wildman–Crippen LogP) is 2.00. The molecule has 1 saturated carbocycles. The molecule has 1 unspecified atom stereocenters. The van der Waals surface area contributed by atoms with E-state index in [2.05, 4.69) is 22.2 Å². The SMILES string of the molecule is Cc1nccnc1NC(C)C1CC1. The molecule has 1 N–H and O–H groups in total. The van der Waals surface area contributed by atoms with E-state index in [1.807, 2.05) is 6.92 Å². The molecule has 3 nitrogen and oxygen atoms in total. The largest absolute Gasteiger partial charge is 0.366 e. The molecule has 0 aliphatic heterocycles. The van der Waals surface area contributed by atoms with E-state index in [0.717, 1.165) is 17.4 Å². The number of hydrogen-bond acceptors (Lipinski definition) is 3. The monoisotopic (exact) mass is 177 g/mol. The maximum atomic E-state index is 4.25. The van der Waals surface area contributed by atoms with Crippen LogP contribution in [0.1, 0.15) is 25.5 Å². The van der Waals surface area contributed by atoms with Gasteiger partial charge >= 0.3 is 0 Å². The Hall–Kier alpha value is -1.12. The highest BCUT2D eigenvalue weighted by atomic mass is 15.0. The Bertz CT molecular complexity index is 294. The van der Waals surface area contributed by atoms with Gasteiger partial charge in [0.15, 0.2) is 0 Å². The molecule has 13 heavy (non-hydrogen) atoms. The molecule has 1 aromatic heterocycles. The molecule has 1 atom stereocenters. The number of hydrogen-bond donors (Lipinski definition) is 1. The van der Waals surface area contributed by atoms with Crippen molar-refractivity contribution in [1.82, 2.24) is 9.97 Å². The van der Waals surface area contributed by atoms with E-state index < -0.39 is 0 Å². The fourth-order valence-corrected chi connectivity index (χ4v) is 1.48. The highest BCUT2D eigenvalue weighted by Gasteiger charge is 2.28. The summed E-state index contributed by atoms with van der Waals surface area (Å²) in [7, 11) is 0. The van der Waals surface area contributed by atoms with E-state index in [4.69, 9.17) is 0 Å². The van der Waals surface area contributed by atoms with E-state index in [1.165, 1.54) is 12.8 Å². The van der Waals surface area contributed by atoms with Gasteiger partial charge in [0.25, 0.3) is 0 Å². The van der Waals surface area contributed by atoms with Gasteiger partial charge in [0.1, 0.15) is 5.82 Å². The number of aryl methyl sites for hydroxylation is 1. The normalized spacial score (nSPS) is 18.3. The average molecular weight is 177 g/mol. The minimum Gasteiger partial charge on any atom is -0.366 e. The first-order valence-electron chi connectivity index (χ1n) is 4.81. The highest BCUT2D eigenvalue weighted by molar-refractivity contribution is 5.39. The average Bonchev–Trinajstić information content (AvgIpc) is 2.91. The molecule has 1 fully saturated rings. The summed E-state index contributed by atoms with van der Waals surface area (Å²) < 4.78 is 0. The van der Waals surface area contributed by atoms with Crippen LogP contribution in [0.2, 0.25) is 0 Å². The standard InChI is InChI=1S/C10H15N3/c1-7(9-3-4-9)13-10-8(2)11-5-6-12-10/h5-7,9H,3-4H2,1-2H3,(H,12,13). The summed E-state index contributed by atoms with van der Waals surface area (Å²) in [5.74, 6) is 1.78. The van der Waals surface area contributed by atoms with Crippen molar-refractivity contribution in [3.63, 3.8) is 0 Å². The van der Waals surface area contributed by atoms with Gasteiger partial charge in [0.2, 0.25) is 0 Å². The van der Waals surface area contributed by atoms with Gasteiger partial charge in [-0.25, -0.2) is 4.98 Å². The molecule has 1 heterocycles. The lowest BCUT2D eigenvalue weighted by atomic mass is 10.2. The molecule has 70 valence electrons. The number of anilines is 1. The fraction of sp³-hybridized carbons (Fsp3) is 0.600. The van der Waals surface area contributed by atoms with E-state index in [9.17, 15) is 0 Å². The summed E-state index contributed by atoms with van der Waals surface area (Å²) in [6.45, 7) is 4.20. The van der Waals surface area contributed by atoms with Crippen LogP contribution in [0.25, 0.3) is 0 Å². The van der Waals surface area contributed by atoms with Crippen molar-refractivity contribution in [2.75, 3.05) is 5.32 Å². The Balaban J connectivity index is 2.03. The first-order valence-corrected chi connectivity index (χ1v) is 4.81. The van der Waals surface area contributed by atoms with Crippen molar-refractivity contribution < 1.29 is 0 Å². The molecule has 0 spiro atoms. The molecular formula is C10H15N3. The van der Waals surface area contributed by atoms with Crippen molar-refractivity contribution in [1.29, 1.82) is 0 Å². The molecule has 2 rings (SSSR count). The second-order valence-electron chi connectivity index (χ2n) is 3.76. The number of nitrogens with zero attached hydrogens (tertiary/aromatic N) is 2. The molecule has 0 bridgehead atoms. The lowest BCUT2D eigenvalue weighted by Crippen LogP contribution is -2.19. The first kappa shape index (κ1) is 8.48. The predicted molar refractivity (Wildman–Crippen MR) is 52.6 cm³/mol. The quantitative estimate of drug-likeness (QED) is 0.767. The molecule has 3 heteroatoms. The maximum absolute atomic E-state index is 4.25. The fourth-order valence-electron chi connectivity index (χ4n) is 1.48. The van der Waals surface area contributed by atoms with Crippen LogP contribution >= 0.6 is 0 Å². The van der Waals surface area contributed by atoms with Gasteiger partial charge in [0.05, 0.1) is 5.69 Å². The zero-order valence-corrected chi connectivity index (χ0v) is 8.12. The third kappa shape index (κ3) is 1.97. The summed E-state index contributed by atoms with van der Waals surface area (Å²) in [6, 6.07) is 0.537. The third-order valence-electron chi connectivity index (χ3n) is 2.57. The number of rotatable bonds is 3. The molecule has 0 saturated heterocycles. The third-order valence-corrected chi connectivity index (χ3v) is 2.57. The Kier molecular flexibility index (Phi) is 2.17. The Morgan fingerprint density at radius 1 is 1.38 bits per heavy atom. The minimum absolute atomic E-state index is 0.537. The van der Waals surface area contributed by atoms with Gasteiger partial charge in [-0.15, -0.1) is 0 Å². The van der Waals surface area contributed by atoms with Crippen LogP contribution in [0.3, 0.4) is 0 Å². The Morgan fingerprint density at radius 2 is 2.08 bits per heavy atom. The Morgan fingerprint density at radius 3 is 2.69 bits per heavy atom. The summed E-state index contributed by atoms with van der Waals surface area (Å²) in [5, 5.41) is 3.40. The van der Waals surface area contributed by atoms with Crippen molar-refractivity contribution in [2.24, 2.45) is 5.92 Å². The van der Waals surface area contributed by atoms with Crippen molar-refractivity contribution in [3.8, 4) is 0 Å². The van der Waals surface area contributed by atoms with E-state index in [0.29, 0.717) is 6.04 Å². The minimum atomic E-state index is 0.537. The van der Waals surface area contributed by atoms with E-state index in [-0.39, 0.29) is 0 Å². The van der Waals surface area contributed by atoms with Gasteiger partial charge in [-0.3, -0.25) is 4.98 Å². The highest BCUT2D eigenvalue weighted by Crippen LogP contribution is 2.33. The van der Waals surface area contributed by atoms with Crippen LogP contribution in [0.15, 0.2) is 12.4 Å². The molecule has 1 aromatic rings. The van der Waals surface area contributed by atoms with E-state index >= 15 is 0 Å². The molecule has 0 aromatic carbocycles. The molecule has 0 radical (unpaired) electrons. The smallest absolute Gasteiger partial charge is 0.147 e. The maximum Gasteiger partial charge on any atom is 0.147 e. The van der Waals surface area contributed by atoms with Crippen LogP contribution in [0.4, 0.5) is 5.82 Å². The second-order valence-corrected chi connectivity index (χ2v) is 3.76. The van der Waals surface area contributed by atoms with E-state index in [1.54, 1.807) is 12.4 Å². The number of aromatic nitrogens is 2. The van der Waals surface area contributed by atoms with Crippen molar-refractivity contribution in [2.45, 2.75) is 32.7 Å². The lowest BCUT2D eigenvalue weighted by Gasteiger charge is -2.14. The lowest BCUT2D eigenvalue weighted by molar-refractivity contribution is 0.688. The van der Waals surface area contributed by atoms with Gasteiger partial charge in [-0.1, -0.05) is 0 Å². The van der Waals surface area contributed by atoms with Crippen LogP contribution < -0.4 is 5.32 Å². The zero-order valence-electron chi connectivity index (χ0n) is 8.12. The van der Waals surface area contributed by atoms with Gasteiger partial charge < -0.3 is 5.32 Å². The molecule has 0 amide bonds. The summed E-state index contributed by atoms with van der Waals surface area (Å²) in [4.78, 5) is 8.44. The van der Waals surface area contributed by atoms with Crippen LogP contribution in [-0.4, -0.2) is 16.0 Å². The summed E-state index contributed by atoms with van der Waals surface area (Å²) in [5.41, 5.74) is 0.981. The first-order chi connectivity index (χ1) is 6.27. The van der Waals surface area contributed by atoms with Crippen LogP contribution in [0, 0.1) is 12.8 Å². The number of nitrogens with one attached hydrogen (secondary N) is 1. The molecule has 1 aliphatic carbocycles. The molecular weight excluding hydrogens is 162 g/mol. The van der Waals surface area contributed by atoms with Crippen molar-refractivity contribution in [3.05, 3.63) is 18.1 Å². The van der Waals surface area contributed by atoms with Gasteiger partial charge in [0, 0.05) is 18.4 Å². The van der Waals surface area contributed by atoms with Crippen LogP contribution in [-0.2, 0) is 0 Å².